The fraction of sp³-hybridized carbons (Fsp3) is 1.00. The third-order valence-corrected chi connectivity index (χ3v) is 3.04. The standard InChI is InChI=1S/C11H23NO2/c12-7-3-5-10-4-1-2-6-11(10)14-9-8-13/h10-11,13H,1-9,12H2. The second-order valence-corrected chi connectivity index (χ2v) is 4.11. The van der Waals surface area contributed by atoms with Crippen molar-refractivity contribution in [2.75, 3.05) is 19.8 Å². The minimum absolute atomic E-state index is 0.139. The van der Waals surface area contributed by atoms with Gasteiger partial charge in [0.1, 0.15) is 0 Å². The predicted octanol–water partition coefficient (Wildman–Crippen LogP) is 1.29. The van der Waals surface area contributed by atoms with Crippen molar-refractivity contribution in [1.82, 2.24) is 0 Å². The normalized spacial score (nSPS) is 27.9. The predicted molar refractivity (Wildman–Crippen MR) is 57.1 cm³/mol. The van der Waals surface area contributed by atoms with Gasteiger partial charge < -0.3 is 15.6 Å². The topological polar surface area (TPSA) is 55.5 Å². The molecular weight excluding hydrogens is 178 g/mol. The van der Waals surface area contributed by atoms with E-state index in [0.717, 1.165) is 19.4 Å². The molecule has 0 aromatic carbocycles. The largest absolute Gasteiger partial charge is 0.394 e. The average Bonchev–Trinajstić information content (AvgIpc) is 2.24. The van der Waals surface area contributed by atoms with Crippen LogP contribution in [0.1, 0.15) is 38.5 Å². The fourth-order valence-corrected chi connectivity index (χ4v) is 2.31. The Balaban J connectivity index is 2.26. The van der Waals surface area contributed by atoms with Crippen LogP contribution >= 0.6 is 0 Å². The van der Waals surface area contributed by atoms with Gasteiger partial charge in [-0.2, -0.15) is 0 Å². The molecule has 2 unspecified atom stereocenters. The molecule has 3 nitrogen and oxygen atoms in total. The Bertz CT molecular complexity index is 125. The Hall–Kier alpha value is -0.120. The van der Waals surface area contributed by atoms with Crippen LogP contribution < -0.4 is 5.73 Å². The summed E-state index contributed by atoms with van der Waals surface area (Å²) in [6.45, 7) is 1.41. The zero-order valence-electron chi connectivity index (χ0n) is 8.95. The quantitative estimate of drug-likeness (QED) is 0.681. The molecule has 1 aliphatic rings. The van der Waals surface area contributed by atoms with Gasteiger partial charge in [0, 0.05) is 0 Å². The molecule has 1 saturated carbocycles. The van der Waals surface area contributed by atoms with E-state index in [-0.39, 0.29) is 6.61 Å². The molecular formula is C11H23NO2. The second-order valence-electron chi connectivity index (χ2n) is 4.11. The van der Waals surface area contributed by atoms with Crippen LogP contribution in [0.25, 0.3) is 0 Å². The van der Waals surface area contributed by atoms with Gasteiger partial charge in [0.25, 0.3) is 0 Å². The molecule has 3 N–H and O–H groups in total. The molecule has 14 heavy (non-hydrogen) atoms. The zero-order valence-corrected chi connectivity index (χ0v) is 8.95. The van der Waals surface area contributed by atoms with Crippen LogP contribution in [0, 0.1) is 5.92 Å². The van der Waals surface area contributed by atoms with Crippen molar-refractivity contribution in [3.8, 4) is 0 Å². The summed E-state index contributed by atoms with van der Waals surface area (Å²) in [7, 11) is 0. The Morgan fingerprint density at radius 1 is 1.29 bits per heavy atom. The number of hydrogen-bond acceptors (Lipinski definition) is 3. The van der Waals surface area contributed by atoms with Crippen LogP contribution in [-0.4, -0.2) is 31.0 Å². The van der Waals surface area contributed by atoms with Crippen LogP contribution in [0.15, 0.2) is 0 Å². The number of ether oxygens (including phenoxy) is 1. The number of aliphatic hydroxyl groups is 1. The summed E-state index contributed by atoms with van der Waals surface area (Å²) in [4.78, 5) is 0. The van der Waals surface area contributed by atoms with Gasteiger partial charge in [-0.25, -0.2) is 0 Å². The molecule has 0 radical (unpaired) electrons. The molecule has 1 aliphatic carbocycles. The first-order valence-corrected chi connectivity index (χ1v) is 5.81. The van der Waals surface area contributed by atoms with E-state index in [1.807, 2.05) is 0 Å². The number of aliphatic hydroxyl groups excluding tert-OH is 1. The van der Waals surface area contributed by atoms with Gasteiger partial charge in [0.05, 0.1) is 19.3 Å². The molecule has 0 amide bonds. The Morgan fingerprint density at radius 2 is 2.07 bits per heavy atom. The van der Waals surface area contributed by atoms with E-state index in [1.165, 1.54) is 25.7 Å². The van der Waals surface area contributed by atoms with Crippen LogP contribution in [0.4, 0.5) is 0 Å². The molecule has 3 heteroatoms. The third-order valence-electron chi connectivity index (χ3n) is 3.04. The second kappa shape index (κ2) is 7.21. The Morgan fingerprint density at radius 3 is 2.79 bits per heavy atom. The van der Waals surface area contributed by atoms with Crippen LogP contribution in [0.5, 0.6) is 0 Å². The molecule has 2 atom stereocenters. The van der Waals surface area contributed by atoms with Crippen molar-refractivity contribution in [2.24, 2.45) is 11.7 Å². The molecule has 0 bridgehead atoms. The lowest BCUT2D eigenvalue weighted by Gasteiger charge is -2.31. The van der Waals surface area contributed by atoms with Gasteiger partial charge in [-0.1, -0.05) is 12.8 Å². The zero-order chi connectivity index (χ0) is 10.2. The van der Waals surface area contributed by atoms with Crippen LogP contribution in [0.2, 0.25) is 0 Å². The first-order chi connectivity index (χ1) is 6.88. The van der Waals surface area contributed by atoms with E-state index < -0.39 is 0 Å². The van der Waals surface area contributed by atoms with Gasteiger partial charge in [0.15, 0.2) is 0 Å². The highest BCUT2D eigenvalue weighted by Crippen LogP contribution is 2.29. The van der Waals surface area contributed by atoms with E-state index in [0.29, 0.717) is 18.6 Å². The highest BCUT2D eigenvalue weighted by atomic mass is 16.5. The highest BCUT2D eigenvalue weighted by Gasteiger charge is 2.24. The summed E-state index contributed by atoms with van der Waals surface area (Å²) in [6, 6.07) is 0. The van der Waals surface area contributed by atoms with Crippen LogP contribution in [0.3, 0.4) is 0 Å². The first-order valence-electron chi connectivity index (χ1n) is 5.81. The third kappa shape index (κ3) is 3.95. The maximum Gasteiger partial charge on any atom is 0.0701 e. The maximum absolute atomic E-state index is 8.71. The maximum atomic E-state index is 8.71. The molecule has 1 rings (SSSR count). The Labute approximate surface area is 86.6 Å². The summed E-state index contributed by atoms with van der Waals surface area (Å²) in [5.74, 6) is 0.679. The van der Waals surface area contributed by atoms with Crippen molar-refractivity contribution in [3.63, 3.8) is 0 Å². The van der Waals surface area contributed by atoms with E-state index in [9.17, 15) is 0 Å². The summed E-state index contributed by atoms with van der Waals surface area (Å²) in [5, 5.41) is 8.71. The monoisotopic (exact) mass is 201 g/mol. The summed E-state index contributed by atoms with van der Waals surface area (Å²) < 4.78 is 5.65. The number of rotatable bonds is 6. The van der Waals surface area contributed by atoms with E-state index >= 15 is 0 Å². The average molecular weight is 201 g/mol. The van der Waals surface area contributed by atoms with Gasteiger partial charge in [-0.3, -0.25) is 0 Å². The summed E-state index contributed by atoms with van der Waals surface area (Å²) in [5.41, 5.74) is 5.51. The minimum Gasteiger partial charge on any atom is -0.394 e. The smallest absolute Gasteiger partial charge is 0.0701 e. The molecule has 1 fully saturated rings. The molecule has 0 heterocycles. The molecule has 84 valence electrons. The van der Waals surface area contributed by atoms with Crippen molar-refractivity contribution in [3.05, 3.63) is 0 Å². The lowest BCUT2D eigenvalue weighted by atomic mass is 9.83. The molecule has 0 saturated heterocycles. The molecule has 0 aliphatic heterocycles. The lowest BCUT2D eigenvalue weighted by Crippen LogP contribution is -2.29. The SMILES string of the molecule is NCCCC1CCCCC1OCCO. The van der Waals surface area contributed by atoms with Crippen molar-refractivity contribution >= 4 is 0 Å². The summed E-state index contributed by atoms with van der Waals surface area (Å²) >= 11 is 0. The number of hydrogen-bond donors (Lipinski definition) is 2. The van der Waals surface area contributed by atoms with Gasteiger partial charge >= 0.3 is 0 Å². The van der Waals surface area contributed by atoms with Gasteiger partial charge in [0.2, 0.25) is 0 Å². The molecule has 0 aromatic heterocycles. The molecule has 0 spiro atoms. The van der Waals surface area contributed by atoms with E-state index in [2.05, 4.69) is 0 Å². The van der Waals surface area contributed by atoms with Crippen LogP contribution in [-0.2, 0) is 4.74 Å². The molecule has 0 aromatic rings. The van der Waals surface area contributed by atoms with Crippen molar-refractivity contribution in [2.45, 2.75) is 44.6 Å². The van der Waals surface area contributed by atoms with Crippen molar-refractivity contribution < 1.29 is 9.84 Å². The highest BCUT2D eigenvalue weighted by molar-refractivity contribution is 4.76. The van der Waals surface area contributed by atoms with E-state index in [4.69, 9.17) is 15.6 Å². The Kier molecular flexibility index (Phi) is 6.15. The van der Waals surface area contributed by atoms with Crippen molar-refractivity contribution in [1.29, 1.82) is 0 Å². The first kappa shape index (κ1) is 12.0. The summed E-state index contributed by atoms with van der Waals surface area (Å²) in [6.07, 6.45) is 7.70. The lowest BCUT2D eigenvalue weighted by molar-refractivity contribution is -0.0274. The minimum atomic E-state index is 0.139. The number of nitrogens with two attached hydrogens (primary N) is 1. The van der Waals surface area contributed by atoms with Gasteiger partial charge in [-0.15, -0.1) is 0 Å². The van der Waals surface area contributed by atoms with Gasteiger partial charge in [-0.05, 0) is 38.1 Å². The fourth-order valence-electron chi connectivity index (χ4n) is 2.31. The van der Waals surface area contributed by atoms with E-state index in [1.54, 1.807) is 0 Å².